The summed E-state index contributed by atoms with van der Waals surface area (Å²) in [6.07, 6.45) is 1.15. The summed E-state index contributed by atoms with van der Waals surface area (Å²) in [6.45, 7) is 2.40. The van der Waals surface area contributed by atoms with Gasteiger partial charge in [-0.3, -0.25) is 4.90 Å². The van der Waals surface area contributed by atoms with E-state index in [1.165, 1.54) is 18.2 Å². The van der Waals surface area contributed by atoms with Crippen LogP contribution < -0.4 is 5.32 Å². The van der Waals surface area contributed by atoms with Crippen molar-refractivity contribution in [3.63, 3.8) is 0 Å². The molecule has 1 aliphatic rings. The first-order valence-electron chi connectivity index (χ1n) is 9.30. The predicted molar refractivity (Wildman–Crippen MR) is 104 cm³/mol. The van der Waals surface area contributed by atoms with Gasteiger partial charge in [-0.05, 0) is 36.1 Å². The molecule has 2 aromatic carbocycles. The molecule has 0 bridgehead atoms. The van der Waals surface area contributed by atoms with E-state index in [0.29, 0.717) is 19.4 Å². The van der Waals surface area contributed by atoms with Gasteiger partial charge in [0.25, 0.3) is 9.84 Å². The van der Waals surface area contributed by atoms with Crippen molar-refractivity contribution in [3.8, 4) is 0 Å². The van der Waals surface area contributed by atoms with Gasteiger partial charge in [0.1, 0.15) is 0 Å². The Bertz CT molecular complexity index is 940. The van der Waals surface area contributed by atoms with Gasteiger partial charge in [-0.1, -0.05) is 36.4 Å². The topological polar surface area (TPSA) is 69.6 Å². The van der Waals surface area contributed by atoms with Gasteiger partial charge in [-0.2, -0.15) is 13.2 Å². The Kier molecular flexibility index (Phi) is 6.50. The summed E-state index contributed by atoms with van der Waals surface area (Å²) in [4.78, 5) is 1.43. The third kappa shape index (κ3) is 5.09. The number of sulfone groups is 1. The summed E-state index contributed by atoms with van der Waals surface area (Å²) >= 11 is 0. The number of anilines is 1. The number of para-hydroxylation sites is 1. The Hall–Kier alpha value is -2.10. The number of nitrogens with zero attached hydrogens (tertiary/aromatic N) is 1. The van der Waals surface area contributed by atoms with Crippen molar-refractivity contribution < 1.29 is 26.7 Å². The van der Waals surface area contributed by atoms with Gasteiger partial charge in [0.15, 0.2) is 0 Å². The molecular weight excluding hydrogens is 405 g/mol. The maximum Gasteiger partial charge on any atom is 0.501 e. The van der Waals surface area contributed by atoms with Crippen molar-refractivity contribution in [3.05, 3.63) is 59.7 Å². The molecule has 1 fully saturated rings. The van der Waals surface area contributed by atoms with Gasteiger partial charge in [0, 0.05) is 26.2 Å². The van der Waals surface area contributed by atoms with Crippen LogP contribution in [0.2, 0.25) is 0 Å². The number of nitrogens with one attached hydrogen (secondary N) is 1. The number of aliphatic hydroxyl groups excluding tert-OH is 1. The number of alkyl halides is 3. The monoisotopic (exact) mass is 428 g/mol. The zero-order valence-electron chi connectivity index (χ0n) is 15.7. The SMILES string of the molecule is O=S(=O)(c1ccccc1NCc1ccccc1CN1CCC(O)CC1)C(F)(F)F. The molecule has 0 unspecified atom stereocenters. The van der Waals surface area contributed by atoms with Gasteiger partial charge >= 0.3 is 5.51 Å². The first-order valence-corrected chi connectivity index (χ1v) is 10.8. The van der Waals surface area contributed by atoms with E-state index in [0.717, 1.165) is 30.3 Å². The van der Waals surface area contributed by atoms with Crippen molar-refractivity contribution in [2.24, 2.45) is 0 Å². The number of benzene rings is 2. The minimum absolute atomic E-state index is 0.0827. The van der Waals surface area contributed by atoms with Crippen LogP contribution in [0, 0.1) is 0 Å². The molecule has 0 aromatic heterocycles. The molecule has 2 aromatic rings. The van der Waals surface area contributed by atoms with Crippen LogP contribution in [0.4, 0.5) is 18.9 Å². The normalized spacial score (nSPS) is 16.7. The fourth-order valence-corrected chi connectivity index (χ4v) is 4.30. The highest BCUT2D eigenvalue weighted by Crippen LogP contribution is 2.34. The van der Waals surface area contributed by atoms with Gasteiger partial charge in [0.05, 0.1) is 16.7 Å². The van der Waals surface area contributed by atoms with Crippen molar-refractivity contribution in [1.29, 1.82) is 0 Å². The average molecular weight is 428 g/mol. The van der Waals surface area contributed by atoms with Crippen LogP contribution in [0.25, 0.3) is 0 Å². The second-order valence-corrected chi connectivity index (χ2v) is 8.98. The molecule has 29 heavy (non-hydrogen) atoms. The van der Waals surface area contributed by atoms with Crippen LogP contribution in [0.15, 0.2) is 53.4 Å². The molecule has 1 heterocycles. The molecule has 158 valence electrons. The highest BCUT2D eigenvalue weighted by molar-refractivity contribution is 7.92. The van der Waals surface area contributed by atoms with E-state index in [1.54, 1.807) is 0 Å². The molecule has 3 rings (SSSR count). The predicted octanol–water partition coefficient (Wildman–Crippen LogP) is 3.55. The lowest BCUT2D eigenvalue weighted by molar-refractivity contribution is -0.0435. The lowest BCUT2D eigenvalue weighted by Gasteiger charge is -2.30. The molecule has 0 aliphatic carbocycles. The maximum atomic E-state index is 13.0. The second kappa shape index (κ2) is 8.73. The number of hydrogen-bond donors (Lipinski definition) is 2. The third-order valence-corrected chi connectivity index (χ3v) is 6.56. The number of rotatable bonds is 6. The maximum absolute atomic E-state index is 13.0. The van der Waals surface area contributed by atoms with Gasteiger partial charge in [-0.15, -0.1) is 0 Å². The van der Waals surface area contributed by atoms with Crippen molar-refractivity contribution in [2.75, 3.05) is 18.4 Å². The molecule has 1 saturated heterocycles. The average Bonchev–Trinajstić information content (AvgIpc) is 2.68. The van der Waals surface area contributed by atoms with Crippen LogP contribution in [0.3, 0.4) is 0 Å². The summed E-state index contributed by atoms with van der Waals surface area (Å²) in [7, 11) is -5.44. The first kappa shape index (κ1) is 21.6. The zero-order chi connectivity index (χ0) is 21.1. The van der Waals surface area contributed by atoms with Crippen LogP contribution in [-0.4, -0.2) is 43.1 Å². The molecule has 0 spiro atoms. The highest BCUT2D eigenvalue weighted by Gasteiger charge is 2.47. The van der Waals surface area contributed by atoms with Gasteiger partial charge < -0.3 is 10.4 Å². The Balaban J connectivity index is 1.77. The molecule has 1 aliphatic heterocycles. The molecule has 2 N–H and O–H groups in total. The standard InChI is InChI=1S/C20H23F3N2O3S/c21-20(22,23)29(27,28)19-8-4-3-7-18(19)24-13-15-5-1-2-6-16(15)14-25-11-9-17(26)10-12-25/h1-8,17,24,26H,9-14H2. The number of aliphatic hydroxyl groups is 1. The van der Waals surface area contributed by atoms with Crippen LogP contribution in [0.1, 0.15) is 24.0 Å². The fourth-order valence-electron chi connectivity index (χ4n) is 3.36. The Morgan fingerprint density at radius 3 is 2.24 bits per heavy atom. The third-order valence-electron chi connectivity index (χ3n) is 5.02. The van der Waals surface area contributed by atoms with E-state index in [1.807, 2.05) is 24.3 Å². The minimum atomic E-state index is -5.44. The summed E-state index contributed by atoms with van der Waals surface area (Å²) in [5.41, 5.74) is -3.56. The molecule has 0 amide bonds. The van der Waals surface area contributed by atoms with Gasteiger partial charge in [-0.25, -0.2) is 8.42 Å². The van der Waals surface area contributed by atoms with Crippen LogP contribution >= 0.6 is 0 Å². The van der Waals surface area contributed by atoms with Crippen LogP contribution in [0.5, 0.6) is 0 Å². The second-order valence-electron chi connectivity index (χ2n) is 7.07. The molecule has 0 saturated carbocycles. The highest BCUT2D eigenvalue weighted by atomic mass is 32.2. The van der Waals surface area contributed by atoms with E-state index < -0.39 is 20.2 Å². The molecule has 0 atom stereocenters. The van der Waals surface area contributed by atoms with Gasteiger partial charge in [0.2, 0.25) is 0 Å². The fraction of sp³-hybridized carbons (Fsp3) is 0.400. The molecular formula is C20H23F3N2O3S. The van der Waals surface area contributed by atoms with E-state index in [2.05, 4.69) is 10.2 Å². The van der Waals surface area contributed by atoms with Crippen molar-refractivity contribution in [1.82, 2.24) is 4.90 Å². The van der Waals surface area contributed by atoms with Crippen LogP contribution in [-0.2, 0) is 22.9 Å². The quantitative estimate of drug-likeness (QED) is 0.737. The Morgan fingerprint density at radius 1 is 1.00 bits per heavy atom. The Labute approximate surface area is 168 Å². The molecule has 0 radical (unpaired) electrons. The summed E-state index contributed by atoms with van der Waals surface area (Å²) in [5.74, 6) is 0. The summed E-state index contributed by atoms with van der Waals surface area (Å²) < 4.78 is 62.6. The number of halogens is 3. The van der Waals surface area contributed by atoms with Crippen molar-refractivity contribution in [2.45, 2.75) is 42.4 Å². The van der Waals surface area contributed by atoms with E-state index in [4.69, 9.17) is 0 Å². The van der Waals surface area contributed by atoms with E-state index in [-0.39, 0.29) is 18.3 Å². The van der Waals surface area contributed by atoms with E-state index in [9.17, 15) is 26.7 Å². The zero-order valence-corrected chi connectivity index (χ0v) is 16.5. The number of hydrogen-bond acceptors (Lipinski definition) is 5. The lowest BCUT2D eigenvalue weighted by atomic mass is 10.0. The largest absolute Gasteiger partial charge is 0.501 e. The molecule has 9 heteroatoms. The number of likely N-dealkylation sites (tertiary alicyclic amines) is 1. The number of piperidine rings is 1. The summed E-state index contributed by atoms with van der Waals surface area (Å²) in [5, 5.41) is 12.5. The summed E-state index contributed by atoms with van der Waals surface area (Å²) in [6, 6.07) is 12.6. The molecule has 5 nitrogen and oxygen atoms in total. The van der Waals surface area contributed by atoms with Crippen molar-refractivity contribution >= 4 is 15.5 Å². The smallest absolute Gasteiger partial charge is 0.393 e. The first-order chi connectivity index (χ1) is 13.7. The van der Waals surface area contributed by atoms with E-state index >= 15 is 0 Å². The minimum Gasteiger partial charge on any atom is -0.393 e. The lowest BCUT2D eigenvalue weighted by Crippen LogP contribution is -2.35. The Morgan fingerprint density at radius 2 is 1.59 bits per heavy atom.